The number of nitrogens with two attached hydrogens (primary N) is 1. The van der Waals surface area contributed by atoms with Crippen molar-refractivity contribution in [2.24, 2.45) is 11.7 Å². The van der Waals surface area contributed by atoms with E-state index < -0.39 is 10.7 Å². The van der Waals surface area contributed by atoms with Gasteiger partial charge in [-0.05, 0) is 31.4 Å². The molecule has 20 heavy (non-hydrogen) atoms. The Kier molecular flexibility index (Phi) is 6.05. The summed E-state index contributed by atoms with van der Waals surface area (Å²) in [6.45, 7) is 2.53. The van der Waals surface area contributed by atoms with E-state index in [9.17, 15) is 19.3 Å². The number of hydrogen-bond donors (Lipinski definition) is 2. The van der Waals surface area contributed by atoms with Gasteiger partial charge in [0.25, 0.3) is 5.69 Å². The Morgan fingerprint density at radius 3 is 2.80 bits per heavy atom. The maximum Gasteiger partial charge on any atom is 0.292 e. The predicted octanol–water partition coefficient (Wildman–Crippen LogP) is 2.44. The van der Waals surface area contributed by atoms with Crippen molar-refractivity contribution >= 4 is 17.3 Å². The Morgan fingerprint density at radius 2 is 2.20 bits per heavy atom. The van der Waals surface area contributed by atoms with Crippen LogP contribution in [0, 0.1) is 21.8 Å². The highest BCUT2D eigenvalue weighted by Crippen LogP contribution is 2.25. The van der Waals surface area contributed by atoms with Gasteiger partial charge in [0.1, 0.15) is 11.5 Å². The molecule has 0 radical (unpaired) electrons. The topological polar surface area (TPSA) is 98.3 Å². The summed E-state index contributed by atoms with van der Waals surface area (Å²) in [6, 6.07) is 2.96. The Balaban J connectivity index is 2.66. The number of carbonyl (C=O) groups excluding carboxylic acids is 1. The van der Waals surface area contributed by atoms with E-state index in [1.54, 1.807) is 0 Å². The lowest BCUT2D eigenvalue weighted by Gasteiger charge is -2.10. The highest BCUT2D eigenvalue weighted by Gasteiger charge is 2.16. The largest absolute Gasteiger partial charge is 0.330 e. The fourth-order valence-electron chi connectivity index (χ4n) is 1.79. The minimum absolute atomic E-state index is 0.119. The number of carbonyl (C=O) groups is 1. The van der Waals surface area contributed by atoms with Crippen LogP contribution in [0.5, 0.6) is 0 Å². The zero-order chi connectivity index (χ0) is 15.1. The number of rotatable bonds is 7. The van der Waals surface area contributed by atoms with Crippen LogP contribution >= 0.6 is 0 Å². The van der Waals surface area contributed by atoms with Crippen LogP contribution in [0.1, 0.15) is 26.2 Å². The molecule has 0 spiro atoms. The first kappa shape index (κ1) is 16.0. The molecule has 0 aromatic heterocycles. The lowest BCUT2D eigenvalue weighted by molar-refractivity contribution is -0.384. The number of nitrogens with zero attached hydrogens (tertiary/aromatic N) is 1. The van der Waals surface area contributed by atoms with Gasteiger partial charge >= 0.3 is 0 Å². The molecule has 0 aliphatic carbocycles. The van der Waals surface area contributed by atoms with Gasteiger partial charge in [0.2, 0.25) is 5.91 Å². The van der Waals surface area contributed by atoms with Gasteiger partial charge in [-0.15, -0.1) is 0 Å². The first-order valence-electron chi connectivity index (χ1n) is 6.38. The van der Waals surface area contributed by atoms with Crippen molar-refractivity contribution < 1.29 is 14.1 Å². The van der Waals surface area contributed by atoms with Gasteiger partial charge < -0.3 is 11.1 Å². The fourth-order valence-corrected chi connectivity index (χ4v) is 1.79. The third kappa shape index (κ3) is 4.93. The van der Waals surface area contributed by atoms with E-state index in [0.717, 1.165) is 24.6 Å². The zero-order valence-electron chi connectivity index (χ0n) is 11.3. The zero-order valence-corrected chi connectivity index (χ0v) is 11.3. The molecule has 7 heteroatoms. The summed E-state index contributed by atoms with van der Waals surface area (Å²) in [5.41, 5.74) is 4.97. The van der Waals surface area contributed by atoms with Crippen molar-refractivity contribution in [3.05, 3.63) is 34.1 Å². The van der Waals surface area contributed by atoms with Crippen LogP contribution in [0.25, 0.3) is 0 Å². The summed E-state index contributed by atoms with van der Waals surface area (Å²) in [4.78, 5) is 21.8. The number of amides is 1. The minimum atomic E-state index is -0.661. The number of anilines is 1. The standard InChI is InChI=1S/C13H18FN3O3/c1-9(6-7-15)2-5-13(18)16-11-8-10(14)3-4-12(11)17(19)20/h3-4,8-9H,2,5-7,15H2,1H3,(H,16,18). The first-order chi connectivity index (χ1) is 9.43. The second-order valence-corrected chi connectivity index (χ2v) is 4.69. The Labute approximate surface area is 116 Å². The van der Waals surface area contributed by atoms with Crippen molar-refractivity contribution in [2.75, 3.05) is 11.9 Å². The summed E-state index contributed by atoms with van der Waals surface area (Å²) >= 11 is 0. The van der Waals surface area contributed by atoms with Crippen LogP contribution in [0.3, 0.4) is 0 Å². The van der Waals surface area contributed by atoms with Gasteiger partial charge in [0.05, 0.1) is 4.92 Å². The van der Waals surface area contributed by atoms with Gasteiger partial charge in [-0.3, -0.25) is 14.9 Å². The highest BCUT2D eigenvalue weighted by molar-refractivity contribution is 5.93. The van der Waals surface area contributed by atoms with Crippen LogP contribution in [0.2, 0.25) is 0 Å². The lowest BCUT2D eigenvalue weighted by atomic mass is 10.0. The molecule has 110 valence electrons. The summed E-state index contributed by atoms with van der Waals surface area (Å²) < 4.78 is 13.1. The number of nitrogens with one attached hydrogen (secondary N) is 1. The van der Waals surface area contributed by atoms with Crippen molar-refractivity contribution in [1.29, 1.82) is 0 Å². The molecular formula is C13H18FN3O3. The third-order valence-corrected chi connectivity index (χ3v) is 2.95. The number of nitro groups is 1. The van der Waals surface area contributed by atoms with E-state index in [2.05, 4.69) is 5.32 Å². The van der Waals surface area contributed by atoms with E-state index in [1.165, 1.54) is 0 Å². The van der Waals surface area contributed by atoms with Crippen LogP contribution in [-0.4, -0.2) is 17.4 Å². The second kappa shape index (κ2) is 7.54. The van der Waals surface area contributed by atoms with Gasteiger partial charge in [-0.2, -0.15) is 0 Å². The SMILES string of the molecule is CC(CCN)CCC(=O)Nc1cc(F)ccc1[N+](=O)[O-]. The Hall–Kier alpha value is -2.02. The normalized spacial score (nSPS) is 11.9. The predicted molar refractivity (Wildman–Crippen MR) is 73.8 cm³/mol. The molecule has 1 amide bonds. The molecule has 3 N–H and O–H groups in total. The average molecular weight is 283 g/mol. The van der Waals surface area contributed by atoms with Gasteiger partial charge in [0.15, 0.2) is 0 Å². The molecule has 6 nitrogen and oxygen atoms in total. The molecule has 0 fully saturated rings. The Bertz CT molecular complexity index is 494. The van der Waals surface area contributed by atoms with Gasteiger partial charge in [-0.1, -0.05) is 6.92 Å². The molecular weight excluding hydrogens is 265 g/mol. The van der Waals surface area contributed by atoms with Gasteiger partial charge in [-0.25, -0.2) is 4.39 Å². The van der Waals surface area contributed by atoms with Crippen LogP contribution < -0.4 is 11.1 Å². The molecule has 0 heterocycles. The molecule has 0 aliphatic heterocycles. The van der Waals surface area contributed by atoms with Crippen LogP contribution in [-0.2, 0) is 4.79 Å². The monoisotopic (exact) mass is 283 g/mol. The van der Waals surface area contributed by atoms with Gasteiger partial charge in [0, 0.05) is 18.6 Å². The Morgan fingerprint density at radius 1 is 1.50 bits per heavy atom. The molecule has 0 saturated heterocycles. The molecule has 1 atom stereocenters. The fraction of sp³-hybridized carbons (Fsp3) is 0.462. The first-order valence-corrected chi connectivity index (χ1v) is 6.38. The van der Waals surface area contributed by atoms with Crippen LogP contribution in [0.15, 0.2) is 18.2 Å². The molecule has 0 bridgehead atoms. The maximum absolute atomic E-state index is 13.1. The summed E-state index contributed by atoms with van der Waals surface area (Å²) in [5.74, 6) is -0.710. The summed E-state index contributed by atoms with van der Waals surface area (Å²) in [7, 11) is 0. The van der Waals surface area contributed by atoms with E-state index in [1.807, 2.05) is 6.92 Å². The second-order valence-electron chi connectivity index (χ2n) is 4.69. The molecule has 1 aromatic carbocycles. The van der Waals surface area contributed by atoms with Crippen molar-refractivity contribution in [2.45, 2.75) is 26.2 Å². The quantitative estimate of drug-likeness (QED) is 0.593. The molecule has 1 rings (SSSR count). The lowest BCUT2D eigenvalue weighted by Crippen LogP contribution is -2.15. The average Bonchev–Trinajstić information content (AvgIpc) is 2.36. The smallest absolute Gasteiger partial charge is 0.292 e. The number of halogens is 1. The van der Waals surface area contributed by atoms with E-state index in [4.69, 9.17) is 5.73 Å². The van der Waals surface area contributed by atoms with Crippen molar-refractivity contribution in [3.63, 3.8) is 0 Å². The number of benzene rings is 1. The minimum Gasteiger partial charge on any atom is -0.330 e. The maximum atomic E-state index is 13.1. The van der Waals surface area contributed by atoms with E-state index in [0.29, 0.717) is 18.9 Å². The van der Waals surface area contributed by atoms with Crippen molar-refractivity contribution in [1.82, 2.24) is 0 Å². The van der Waals surface area contributed by atoms with E-state index in [-0.39, 0.29) is 23.7 Å². The number of nitro benzene ring substituents is 1. The summed E-state index contributed by atoms with van der Waals surface area (Å²) in [5, 5.41) is 13.2. The molecule has 0 saturated carbocycles. The molecule has 1 unspecified atom stereocenters. The van der Waals surface area contributed by atoms with Crippen LogP contribution in [0.4, 0.5) is 15.8 Å². The number of hydrogen-bond acceptors (Lipinski definition) is 4. The summed E-state index contributed by atoms with van der Waals surface area (Å²) in [6.07, 6.45) is 1.66. The highest BCUT2D eigenvalue weighted by atomic mass is 19.1. The van der Waals surface area contributed by atoms with E-state index >= 15 is 0 Å². The third-order valence-electron chi connectivity index (χ3n) is 2.95. The van der Waals surface area contributed by atoms with Crippen molar-refractivity contribution in [3.8, 4) is 0 Å². The molecule has 0 aliphatic rings. The molecule has 1 aromatic rings.